The fourth-order valence-corrected chi connectivity index (χ4v) is 7.46. The van der Waals surface area contributed by atoms with Crippen molar-refractivity contribution in [1.82, 2.24) is 0 Å². The van der Waals surface area contributed by atoms with E-state index >= 15 is 0 Å². The van der Waals surface area contributed by atoms with E-state index in [1.165, 1.54) is 29.6 Å². The van der Waals surface area contributed by atoms with Crippen LogP contribution in [0.1, 0.15) is 43.7 Å². The minimum absolute atomic E-state index is 0.0520. The van der Waals surface area contributed by atoms with E-state index in [1.54, 1.807) is 6.07 Å². The van der Waals surface area contributed by atoms with Crippen molar-refractivity contribution in [2.75, 3.05) is 11.5 Å². The zero-order chi connectivity index (χ0) is 21.5. The van der Waals surface area contributed by atoms with Gasteiger partial charge < -0.3 is 5.73 Å². The monoisotopic (exact) mass is 438 g/mol. The molecule has 154 valence electrons. The number of hydrogen-bond donors (Lipinski definition) is 1. The molecule has 2 N–H and O–H groups in total. The van der Waals surface area contributed by atoms with Crippen LogP contribution in [0.15, 0.2) is 29.3 Å². The van der Waals surface area contributed by atoms with Gasteiger partial charge in [-0.2, -0.15) is 23.7 Å². The molecule has 1 aromatic rings. The van der Waals surface area contributed by atoms with Gasteiger partial charge in [0, 0.05) is 5.92 Å². The van der Waals surface area contributed by atoms with Gasteiger partial charge in [0.05, 0.1) is 17.7 Å². The number of alkyl halides is 3. The van der Waals surface area contributed by atoms with Crippen molar-refractivity contribution in [3.8, 4) is 12.1 Å². The minimum atomic E-state index is -4.51. The van der Waals surface area contributed by atoms with Gasteiger partial charge in [-0.15, -0.1) is 23.5 Å². The Morgan fingerprint density at radius 3 is 2.24 bits per heavy atom. The molecule has 0 saturated heterocycles. The highest BCUT2D eigenvalue weighted by Gasteiger charge is 2.91. The summed E-state index contributed by atoms with van der Waals surface area (Å²) < 4.78 is 38.8. The number of nitrogens with two attached hydrogens (primary N) is 1. The predicted molar refractivity (Wildman–Crippen MR) is 110 cm³/mol. The van der Waals surface area contributed by atoms with Gasteiger partial charge in [-0.25, -0.2) is 4.99 Å². The molecule has 0 bridgehead atoms. The molecule has 1 aliphatic heterocycles. The van der Waals surface area contributed by atoms with Crippen molar-refractivity contribution in [3.05, 3.63) is 35.4 Å². The van der Waals surface area contributed by atoms with Crippen LogP contribution in [0.25, 0.3) is 0 Å². The molecule has 1 aromatic carbocycles. The Balaban J connectivity index is 2.18. The summed E-state index contributed by atoms with van der Waals surface area (Å²) in [5.41, 5.74) is 3.02. The second-order valence-electron chi connectivity index (χ2n) is 7.17. The summed E-state index contributed by atoms with van der Waals surface area (Å²) >= 11 is 2.94. The number of nitriles is 2. The van der Waals surface area contributed by atoms with Gasteiger partial charge in [0.1, 0.15) is 16.7 Å². The van der Waals surface area contributed by atoms with Gasteiger partial charge in [-0.1, -0.05) is 32.0 Å². The van der Waals surface area contributed by atoms with Crippen LogP contribution in [0.2, 0.25) is 0 Å². The zero-order valence-corrected chi connectivity index (χ0v) is 17.7. The molecule has 1 fully saturated rings. The number of aliphatic imine (C=N–C) groups is 1. The maximum atomic E-state index is 13.3. The summed E-state index contributed by atoms with van der Waals surface area (Å²) in [5, 5.41) is 20.4. The second kappa shape index (κ2) is 7.45. The third kappa shape index (κ3) is 2.85. The fraction of sp³-hybridized carbons (Fsp3) is 0.550. The first-order valence-electron chi connectivity index (χ1n) is 9.34. The number of halogens is 3. The molecular formula is C20H21F3N4S2. The Hall–Kier alpha value is -1.84. The number of amidine groups is 1. The Kier molecular flexibility index (Phi) is 5.61. The van der Waals surface area contributed by atoms with Crippen molar-refractivity contribution < 1.29 is 13.2 Å². The summed E-state index contributed by atoms with van der Waals surface area (Å²) in [6.07, 6.45) is -2.84. The topological polar surface area (TPSA) is 86.0 Å². The quantitative estimate of drug-likeness (QED) is 0.596. The number of thioether (sulfide) groups is 2. The molecule has 4 nitrogen and oxygen atoms in total. The summed E-state index contributed by atoms with van der Waals surface area (Å²) in [6, 6.07) is 9.38. The van der Waals surface area contributed by atoms with Crippen molar-refractivity contribution >= 4 is 29.4 Å². The molecule has 0 radical (unpaired) electrons. The van der Waals surface area contributed by atoms with E-state index in [2.05, 4.69) is 17.1 Å². The average Bonchev–Trinajstić information content (AvgIpc) is 3.28. The first-order chi connectivity index (χ1) is 13.7. The second-order valence-corrected chi connectivity index (χ2v) is 10.0. The third-order valence-corrected chi connectivity index (χ3v) is 9.02. The van der Waals surface area contributed by atoms with Crippen LogP contribution >= 0.6 is 23.5 Å². The number of hydrogen-bond acceptors (Lipinski definition) is 6. The van der Waals surface area contributed by atoms with Crippen molar-refractivity contribution in [3.63, 3.8) is 0 Å². The van der Waals surface area contributed by atoms with E-state index < -0.39 is 32.7 Å². The first-order valence-corrected chi connectivity index (χ1v) is 11.3. The van der Waals surface area contributed by atoms with Crippen LogP contribution in [0.3, 0.4) is 0 Å². The van der Waals surface area contributed by atoms with Gasteiger partial charge in [0.15, 0.2) is 4.20 Å². The van der Waals surface area contributed by atoms with Gasteiger partial charge in [0.25, 0.3) is 0 Å². The number of rotatable bonds is 7. The first kappa shape index (κ1) is 21.9. The molecule has 9 heteroatoms. The molecule has 1 heterocycles. The lowest BCUT2D eigenvalue weighted by atomic mass is 9.97. The van der Waals surface area contributed by atoms with E-state index in [4.69, 9.17) is 5.73 Å². The highest BCUT2D eigenvalue weighted by molar-refractivity contribution is 8.18. The van der Waals surface area contributed by atoms with Crippen molar-refractivity contribution in [1.29, 1.82) is 10.5 Å². The molecule has 0 aromatic heterocycles. The van der Waals surface area contributed by atoms with Gasteiger partial charge in [-0.05, 0) is 36.0 Å². The molecule has 3 rings (SSSR count). The van der Waals surface area contributed by atoms with E-state index in [0.717, 1.165) is 25.0 Å². The van der Waals surface area contributed by atoms with Crippen LogP contribution in [0, 0.1) is 33.5 Å². The molecule has 1 aliphatic carbocycles. The maximum absolute atomic E-state index is 13.3. The summed E-state index contributed by atoms with van der Waals surface area (Å²) in [5.74, 6) is 0.705. The van der Waals surface area contributed by atoms with E-state index in [-0.39, 0.29) is 5.84 Å². The van der Waals surface area contributed by atoms with Crippen LogP contribution in [-0.2, 0) is 6.18 Å². The highest BCUT2D eigenvalue weighted by atomic mass is 32.2. The molecule has 0 amide bonds. The standard InChI is InChI=1S/C20H21F3N4S2/c1-3-8-28-20(29-9-4-2)18(12-25)15(17(18,11-24)16(26)27-20)13-6-5-7-14(10-13)19(21,22)23/h5-7,10,15H,3-4,8-9H2,1-2H3,(H2,26,27). The molecule has 3 unspecified atom stereocenters. The normalized spacial score (nSPS) is 29.5. The summed E-state index contributed by atoms with van der Waals surface area (Å²) in [7, 11) is 0. The van der Waals surface area contributed by atoms with Gasteiger partial charge >= 0.3 is 6.18 Å². The average molecular weight is 439 g/mol. The molecule has 1 saturated carbocycles. The highest BCUT2D eigenvalue weighted by Crippen LogP contribution is 2.85. The molecule has 0 spiro atoms. The van der Waals surface area contributed by atoms with Crippen LogP contribution in [0.4, 0.5) is 13.2 Å². The number of benzene rings is 1. The number of nitrogens with zero attached hydrogens (tertiary/aromatic N) is 3. The Morgan fingerprint density at radius 1 is 1.14 bits per heavy atom. The third-order valence-electron chi connectivity index (χ3n) is 5.48. The lowest BCUT2D eigenvalue weighted by Crippen LogP contribution is -2.32. The van der Waals surface area contributed by atoms with Gasteiger partial charge in [-0.3, -0.25) is 0 Å². The van der Waals surface area contributed by atoms with Crippen LogP contribution in [-0.4, -0.2) is 21.5 Å². The maximum Gasteiger partial charge on any atom is 0.416 e. The molecule has 3 atom stereocenters. The van der Waals surface area contributed by atoms with E-state index in [1.807, 2.05) is 13.8 Å². The Bertz CT molecular complexity index is 910. The molecular weight excluding hydrogens is 417 g/mol. The summed E-state index contributed by atoms with van der Waals surface area (Å²) in [6.45, 7) is 4.00. The fourth-order valence-electron chi connectivity index (χ4n) is 4.23. The van der Waals surface area contributed by atoms with E-state index in [0.29, 0.717) is 17.1 Å². The lowest BCUT2D eigenvalue weighted by molar-refractivity contribution is -0.137. The Labute approximate surface area is 176 Å². The number of fused-ring (bicyclic) bond motifs is 1. The van der Waals surface area contributed by atoms with Crippen LogP contribution < -0.4 is 5.73 Å². The van der Waals surface area contributed by atoms with Crippen LogP contribution in [0.5, 0.6) is 0 Å². The van der Waals surface area contributed by atoms with Crippen molar-refractivity contribution in [2.24, 2.45) is 21.6 Å². The molecule has 2 aliphatic rings. The SMILES string of the molecule is CCCSC1(SCCC)N=C(N)C2(C#N)C(c3cccc(C(F)(F)F)c3)C12C#N. The molecule has 29 heavy (non-hydrogen) atoms. The van der Waals surface area contributed by atoms with Crippen molar-refractivity contribution in [2.45, 2.75) is 43.0 Å². The Morgan fingerprint density at radius 2 is 1.76 bits per heavy atom. The van der Waals surface area contributed by atoms with E-state index in [9.17, 15) is 23.7 Å². The predicted octanol–water partition coefficient (Wildman–Crippen LogP) is 5.13. The smallest absolute Gasteiger partial charge is 0.386 e. The minimum Gasteiger partial charge on any atom is -0.386 e. The lowest BCUT2D eigenvalue weighted by Gasteiger charge is -2.32. The summed E-state index contributed by atoms with van der Waals surface area (Å²) in [4.78, 5) is 4.61. The zero-order valence-electron chi connectivity index (χ0n) is 16.1. The van der Waals surface area contributed by atoms with Gasteiger partial charge in [0.2, 0.25) is 0 Å². The largest absolute Gasteiger partial charge is 0.416 e.